The lowest BCUT2D eigenvalue weighted by molar-refractivity contribution is 0.0836. The van der Waals surface area contributed by atoms with E-state index < -0.39 is 11.7 Å². The smallest absolute Gasteiger partial charge is 0.407 e. The maximum absolute atomic E-state index is 10.5. The molecule has 0 aromatic heterocycles. The molecule has 1 atom stereocenters. The third-order valence-corrected chi connectivity index (χ3v) is 2.31. The average molecular weight is 171 g/mol. The first-order valence-electron chi connectivity index (χ1n) is 3.82. The van der Waals surface area contributed by atoms with Gasteiger partial charge in [0, 0.05) is 6.54 Å². The van der Waals surface area contributed by atoms with Gasteiger partial charge in [-0.3, -0.25) is 0 Å². The van der Waals surface area contributed by atoms with Crippen LogP contribution in [0.2, 0.25) is 0 Å². The molecule has 68 valence electrons. The summed E-state index contributed by atoms with van der Waals surface area (Å²) in [5.41, 5.74) is -0.371. The number of aliphatic hydroxyl groups is 1. The number of β-amino-alcohol motifs (C(OH)–C–C–N with tert-alkyl or cyclic N) is 1. The van der Waals surface area contributed by atoms with Crippen LogP contribution in [-0.2, 0) is 0 Å². The molecule has 0 saturated carbocycles. The van der Waals surface area contributed by atoms with Crippen LogP contribution in [-0.4, -0.2) is 39.9 Å². The van der Waals surface area contributed by atoms with Crippen molar-refractivity contribution < 1.29 is 15.0 Å². The van der Waals surface area contributed by atoms with Crippen molar-refractivity contribution in [1.29, 1.82) is 0 Å². The van der Waals surface area contributed by atoms with E-state index in [1.165, 1.54) is 4.90 Å². The fraction of sp³-hybridized carbons (Fsp3) is 0.625. The van der Waals surface area contributed by atoms with Crippen LogP contribution in [0.4, 0.5) is 4.79 Å². The highest BCUT2D eigenvalue weighted by atomic mass is 16.4. The summed E-state index contributed by atoms with van der Waals surface area (Å²) in [5.74, 6) is 0. The molecule has 0 spiro atoms. The van der Waals surface area contributed by atoms with Crippen molar-refractivity contribution in [3.8, 4) is 0 Å². The summed E-state index contributed by atoms with van der Waals surface area (Å²) in [5, 5.41) is 18.4. The Morgan fingerprint density at radius 1 is 1.67 bits per heavy atom. The van der Waals surface area contributed by atoms with Crippen LogP contribution in [0.5, 0.6) is 0 Å². The highest BCUT2D eigenvalue weighted by Gasteiger charge is 2.38. The van der Waals surface area contributed by atoms with E-state index in [1.54, 1.807) is 6.92 Å². The van der Waals surface area contributed by atoms with E-state index in [1.807, 2.05) is 0 Å². The fourth-order valence-electron chi connectivity index (χ4n) is 1.31. The predicted octanol–water partition coefficient (Wildman–Crippen LogP) is 0.677. The largest absolute Gasteiger partial charge is 0.465 e. The summed E-state index contributed by atoms with van der Waals surface area (Å²) < 4.78 is 0. The molecule has 1 unspecified atom stereocenters. The fourth-order valence-corrected chi connectivity index (χ4v) is 1.31. The minimum atomic E-state index is -1.00. The SMILES string of the molecule is C=C(C)C1(O)CCN(C(=O)O)C1. The second kappa shape index (κ2) is 2.79. The van der Waals surface area contributed by atoms with Gasteiger partial charge in [0.1, 0.15) is 5.60 Å². The summed E-state index contributed by atoms with van der Waals surface area (Å²) in [6.45, 7) is 5.88. The molecular formula is C8H13NO3. The maximum atomic E-state index is 10.5. The lowest BCUT2D eigenvalue weighted by Gasteiger charge is -2.22. The van der Waals surface area contributed by atoms with E-state index in [0.29, 0.717) is 18.5 Å². The molecule has 1 rings (SSSR count). The van der Waals surface area contributed by atoms with Crippen LogP contribution >= 0.6 is 0 Å². The Hall–Kier alpha value is -1.03. The van der Waals surface area contributed by atoms with Crippen molar-refractivity contribution in [2.75, 3.05) is 13.1 Å². The number of carbonyl (C=O) groups is 1. The number of carboxylic acid groups (broad SMARTS) is 1. The first-order chi connectivity index (χ1) is 5.46. The Morgan fingerprint density at radius 3 is 2.50 bits per heavy atom. The van der Waals surface area contributed by atoms with Crippen LogP contribution in [0, 0.1) is 0 Å². The van der Waals surface area contributed by atoms with Crippen LogP contribution in [0.15, 0.2) is 12.2 Å². The van der Waals surface area contributed by atoms with Crippen molar-refractivity contribution in [3.05, 3.63) is 12.2 Å². The first-order valence-corrected chi connectivity index (χ1v) is 3.82. The van der Waals surface area contributed by atoms with E-state index in [2.05, 4.69) is 6.58 Å². The van der Waals surface area contributed by atoms with Gasteiger partial charge in [0.05, 0.1) is 6.54 Å². The third-order valence-electron chi connectivity index (χ3n) is 2.31. The zero-order chi connectivity index (χ0) is 9.35. The Kier molecular flexibility index (Phi) is 2.10. The molecule has 1 fully saturated rings. The summed E-state index contributed by atoms with van der Waals surface area (Å²) in [6, 6.07) is 0. The molecule has 0 bridgehead atoms. The van der Waals surface area contributed by atoms with E-state index in [0.717, 1.165) is 0 Å². The predicted molar refractivity (Wildman–Crippen MR) is 44.0 cm³/mol. The molecule has 0 aromatic rings. The molecular weight excluding hydrogens is 158 g/mol. The number of likely N-dealkylation sites (tertiary alicyclic amines) is 1. The second-order valence-electron chi connectivity index (χ2n) is 3.27. The highest BCUT2D eigenvalue weighted by molar-refractivity contribution is 5.65. The molecule has 1 amide bonds. The minimum absolute atomic E-state index is 0.150. The van der Waals surface area contributed by atoms with Crippen molar-refractivity contribution in [3.63, 3.8) is 0 Å². The number of nitrogens with zero attached hydrogens (tertiary/aromatic N) is 1. The summed E-state index contributed by atoms with van der Waals surface area (Å²) in [7, 11) is 0. The van der Waals surface area contributed by atoms with Gasteiger partial charge in [-0.15, -0.1) is 0 Å². The molecule has 1 saturated heterocycles. The molecule has 0 radical (unpaired) electrons. The van der Waals surface area contributed by atoms with Gasteiger partial charge in [-0.05, 0) is 18.9 Å². The molecule has 4 nitrogen and oxygen atoms in total. The zero-order valence-corrected chi connectivity index (χ0v) is 7.08. The van der Waals surface area contributed by atoms with Crippen molar-refractivity contribution in [2.45, 2.75) is 18.9 Å². The molecule has 4 heteroatoms. The normalized spacial score (nSPS) is 29.0. The molecule has 1 aliphatic heterocycles. The molecule has 1 heterocycles. The number of hydrogen-bond donors (Lipinski definition) is 2. The Balaban J connectivity index is 2.67. The van der Waals surface area contributed by atoms with Crippen LogP contribution in [0.3, 0.4) is 0 Å². The number of rotatable bonds is 1. The second-order valence-corrected chi connectivity index (χ2v) is 3.27. The average Bonchev–Trinajstić information content (AvgIpc) is 2.33. The van der Waals surface area contributed by atoms with E-state index in [-0.39, 0.29) is 6.54 Å². The lowest BCUT2D eigenvalue weighted by atomic mass is 9.96. The lowest BCUT2D eigenvalue weighted by Crippen LogP contribution is -2.35. The highest BCUT2D eigenvalue weighted by Crippen LogP contribution is 2.27. The van der Waals surface area contributed by atoms with Gasteiger partial charge in [-0.1, -0.05) is 6.58 Å². The van der Waals surface area contributed by atoms with Gasteiger partial charge < -0.3 is 15.1 Å². The van der Waals surface area contributed by atoms with Gasteiger partial charge >= 0.3 is 6.09 Å². The van der Waals surface area contributed by atoms with Gasteiger partial charge in [0.15, 0.2) is 0 Å². The van der Waals surface area contributed by atoms with Gasteiger partial charge in [-0.25, -0.2) is 4.79 Å². The van der Waals surface area contributed by atoms with Crippen LogP contribution < -0.4 is 0 Å². The van der Waals surface area contributed by atoms with Crippen LogP contribution in [0.25, 0.3) is 0 Å². The third kappa shape index (κ3) is 1.43. The Labute approximate surface area is 71.1 Å². The van der Waals surface area contributed by atoms with Crippen LogP contribution in [0.1, 0.15) is 13.3 Å². The molecule has 0 aliphatic carbocycles. The number of hydrogen-bond acceptors (Lipinski definition) is 2. The number of amides is 1. The monoisotopic (exact) mass is 171 g/mol. The summed E-state index contributed by atoms with van der Waals surface area (Å²) >= 11 is 0. The minimum Gasteiger partial charge on any atom is -0.465 e. The quantitative estimate of drug-likeness (QED) is 0.570. The van der Waals surface area contributed by atoms with Crippen molar-refractivity contribution >= 4 is 6.09 Å². The first kappa shape index (κ1) is 9.06. The standard InChI is InChI=1S/C8H13NO3/c1-6(2)8(12)3-4-9(5-8)7(10)11/h12H,1,3-5H2,2H3,(H,10,11). The van der Waals surface area contributed by atoms with E-state index >= 15 is 0 Å². The van der Waals surface area contributed by atoms with E-state index in [9.17, 15) is 9.90 Å². The van der Waals surface area contributed by atoms with Crippen molar-refractivity contribution in [1.82, 2.24) is 4.90 Å². The Bertz CT molecular complexity index is 226. The zero-order valence-electron chi connectivity index (χ0n) is 7.08. The Morgan fingerprint density at radius 2 is 2.25 bits per heavy atom. The molecule has 2 N–H and O–H groups in total. The van der Waals surface area contributed by atoms with Gasteiger partial charge in [0.25, 0.3) is 0 Å². The topological polar surface area (TPSA) is 60.8 Å². The van der Waals surface area contributed by atoms with E-state index in [4.69, 9.17) is 5.11 Å². The molecule has 0 aromatic carbocycles. The van der Waals surface area contributed by atoms with Crippen molar-refractivity contribution in [2.24, 2.45) is 0 Å². The molecule has 12 heavy (non-hydrogen) atoms. The summed E-state index contributed by atoms with van der Waals surface area (Å²) in [6.07, 6.45) is -0.526. The molecule has 1 aliphatic rings. The summed E-state index contributed by atoms with van der Waals surface area (Å²) in [4.78, 5) is 11.7. The van der Waals surface area contributed by atoms with Gasteiger partial charge in [-0.2, -0.15) is 0 Å². The maximum Gasteiger partial charge on any atom is 0.407 e. The van der Waals surface area contributed by atoms with Gasteiger partial charge in [0.2, 0.25) is 0 Å².